The highest BCUT2D eigenvalue weighted by Crippen LogP contribution is 2.20. The van der Waals surface area contributed by atoms with E-state index in [-0.39, 0.29) is 0 Å². The summed E-state index contributed by atoms with van der Waals surface area (Å²) >= 11 is 0. The largest absolute Gasteiger partial charge is 0.257 e. The topological polar surface area (TPSA) is 25.8 Å². The van der Waals surface area contributed by atoms with Gasteiger partial charge in [-0.15, -0.1) is 6.58 Å². The maximum atomic E-state index is 4.23. The van der Waals surface area contributed by atoms with Crippen molar-refractivity contribution in [3.63, 3.8) is 0 Å². The second-order valence-electron chi connectivity index (χ2n) is 13.6. The second kappa shape index (κ2) is 41.5. The molecule has 0 aliphatic heterocycles. The SMILES string of the molecule is C=C(/C=C(C)\C=C/C)c1ccccn1.C=C(CC/C=C\C)C(C)CC/C=C\C.C=C/C=C\C=C(/C)c1ccccn1.C=CC(C)C.CC.CC(C)C(C)C. The maximum Gasteiger partial charge on any atom is 0.0696 e. The molecular formula is C52H82N2. The summed E-state index contributed by atoms with van der Waals surface area (Å²) in [6.45, 7) is 45.0. The molecule has 2 heterocycles. The van der Waals surface area contributed by atoms with Crippen molar-refractivity contribution >= 4 is 11.1 Å². The van der Waals surface area contributed by atoms with Crippen molar-refractivity contribution in [3.05, 3.63) is 171 Å². The van der Waals surface area contributed by atoms with Crippen molar-refractivity contribution in [2.45, 2.75) is 123 Å². The first kappa shape index (κ1) is 56.4. The van der Waals surface area contributed by atoms with Crippen molar-refractivity contribution in [1.82, 2.24) is 9.97 Å². The van der Waals surface area contributed by atoms with Crippen LogP contribution >= 0.6 is 0 Å². The van der Waals surface area contributed by atoms with Crippen molar-refractivity contribution in [2.24, 2.45) is 23.7 Å². The van der Waals surface area contributed by atoms with Gasteiger partial charge in [0.15, 0.2) is 0 Å². The summed E-state index contributed by atoms with van der Waals surface area (Å²) in [5.41, 5.74) is 6.61. The number of nitrogens with zero attached hydrogens (tertiary/aromatic N) is 2. The summed E-state index contributed by atoms with van der Waals surface area (Å²) in [6, 6.07) is 11.7. The third-order valence-corrected chi connectivity index (χ3v) is 7.86. The van der Waals surface area contributed by atoms with Crippen LogP contribution in [0.5, 0.6) is 0 Å². The van der Waals surface area contributed by atoms with E-state index >= 15 is 0 Å². The van der Waals surface area contributed by atoms with Crippen molar-refractivity contribution in [1.29, 1.82) is 0 Å². The molecule has 0 bridgehead atoms. The minimum atomic E-state index is 0.648. The summed E-state index contributed by atoms with van der Waals surface area (Å²) < 4.78 is 0. The number of allylic oxidation sites excluding steroid dienone is 16. The average Bonchev–Trinajstić information content (AvgIpc) is 3.17. The minimum Gasteiger partial charge on any atom is -0.257 e. The van der Waals surface area contributed by atoms with E-state index in [9.17, 15) is 0 Å². The van der Waals surface area contributed by atoms with Crippen LogP contribution in [0.2, 0.25) is 0 Å². The Labute approximate surface area is 336 Å². The Balaban J connectivity index is -0.000000299. The first-order chi connectivity index (χ1) is 25.7. The molecule has 2 aromatic rings. The number of rotatable bonds is 15. The quantitative estimate of drug-likeness (QED) is 0.134. The van der Waals surface area contributed by atoms with Gasteiger partial charge in [-0.2, -0.15) is 0 Å². The Kier molecular flexibility index (Phi) is 43.3. The highest BCUT2D eigenvalue weighted by atomic mass is 14.7. The molecule has 0 amide bonds. The molecule has 0 aliphatic rings. The zero-order valence-electron chi connectivity index (χ0n) is 37.4. The zero-order chi connectivity index (χ0) is 42.2. The molecule has 2 heteroatoms. The normalized spacial score (nSPS) is 11.7. The maximum absolute atomic E-state index is 4.23. The van der Waals surface area contributed by atoms with Crippen LogP contribution in [0, 0.1) is 23.7 Å². The van der Waals surface area contributed by atoms with Crippen LogP contribution in [-0.4, -0.2) is 9.97 Å². The average molecular weight is 735 g/mol. The molecule has 0 aliphatic carbocycles. The molecule has 54 heavy (non-hydrogen) atoms. The second-order valence-corrected chi connectivity index (χ2v) is 13.6. The number of hydrogen-bond donors (Lipinski definition) is 0. The molecule has 0 spiro atoms. The van der Waals surface area contributed by atoms with E-state index < -0.39 is 0 Å². The van der Waals surface area contributed by atoms with Crippen LogP contribution in [0.1, 0.15) is 134 Å². The fourth-order valence-corrected chi connectivity index (χ4v) is 3.57. The van der Waals surface area contributed by atoms with Crippen LogP contribution in [0.4, 0.5) is 0 Å². The number of aromatic nitrogens is 2. The van der Waals surface area contributed by atoms with Gasteiger partial charge in [-0.3, -0.25) is 9.97 Å². The van der Waals surface area contributed by atoms with Gasteiger partial charge in [-0.25, -0.2) is 0 Å². The van der Waals surface area contributed by atoms with Crippen LogP contribution in [0.15, 0.2) is 159 Å². The predicted octanol–water partition coefficient (Wildman–Crippen LogP) is 16.9. The van der Waals surface area contributed by atoms with E-state index in [2.05, 4.69) is 123 Å². The molecule has 2 rings (SSSR count). The van der Waals surface area contributed by atoms with E-state index in [1.807, 2.05) is 114 Å². The lowest BCUT2D eigenvalue weighted by molar-refractivity contribution is 0.457. The van der Waals surface area contributed by atoms with Gasteiger partial charge >= 0.3 is 0 Å². The molecule has 0 saturated carbocycles. The predicted molar refractivity (Wildman–Crippen MR) is 252 cm³/mol. The molecule has 1 atom stereocenters. The Morgan fingerprint density at radius 1 is 0.704 bits per heavy atom. The van der Waals surface area contributed by atoms with Gasteiger partial charge in [0.1, 0.15) is 0 Å². The fraction of sp³-hybridized carbons (Fsp3) is 0.423. The van der Waals surface area contributed by atoms with Crippen LogP contribution < -0.4 is 0 Å². The van der Waals surface area contributed by atoms with Gasteiger partial charge in [0, 0.05) is 12.4 Å². The summed E-state index contributed by atoms with van der Waals surface area (Å²) in [7, 11) is 0. The lowest BCUT2D eigenvalue weighted by Crippen LogP contribution is -1.97. The molecule has 0 radical (unpaired) electrons. The third-order valence-electron chi connectivity index (χ3n) is 7.86. The van der Waals surface area contributed by atoms with Gasteiger partial charge in [-0.05, 0) is 119 Å². The Bertz CT molecular complexity index is 1350. The minimum absolute atomic E-state index is 0.648. The Hall–Kier alpha value is -4.30. The fourth-order valence-electron chi connectivity index (χ4n) is 3.57. The van der Waals surface area contributed by atoms with Crippen LogP contribution in [0.25, 0.3) is 11.1 Å². The summed E-state index contributed by atoms with van der Waals surface area (Å²) in [6.07, 6.45) is 32.6. The molecule has 0 fully saturated rings. The number of hydrogen-bond acceptors (Lipinski definition) is 2. The van der Waals surface area contributed by atoms with E-state index in [0.29, 0.717) is 11.8 Å². The zero-order valence-corrected chi connectivity index (χ0v) is 37.4. The van der Waals surface area contributed by atoms with Crippen molar-refractivity contribution in [2.75, 3.05) is 0 Å². The molecule has 300 valence electrons. The van der Waals surface area contributed by atoms with Crippen LogP contribution in [0.3, 0.4) is 0 Å². The Morgan fingerprint density at radius 3 is 1.61 bits per heavy atom. The van der Waals surface area contributed by atoms with Gasteiger partial charge in [-0.1, -0.05) is 178 Å². The first-order valence-corrected chi connectivity index (χ1v) is 20.0. The van der Waals surface area contributed by atoms with E-state index in [1.165, 1.54) is 24.0 Å². The lowest BCUT2D eigenvalue weighted by atomic mass is 9.94. The molecule has 1 unspecified atom stereocenters. The number of pyridine rings is 2. The molecule has 2 nitrogen and oxygen atoms in total. The third kappa shape index (κ3) is 38.9. The van der Waals surface area contributed by atoms with E-state index in [4.69, 9.17) is 0 Å². The first-order valence-electron chi connectivity index (χ1n) is 20.0. The monoisotopic (exact) mass is 735 g/mol. The molecule has 0 N–H and O–H groups in total. The summed E-state index contributed by atoms with van der Waals surface area (Å²) in [5, 5.41) is 0. The molecule has 0 aromatic carbocycles. The summed E-state index contributed by atoms with van der Waals surface area (Å²) in [5.74, 6) is 3.02. The van der Waals surface area contributed by atoms with Crippen molar-refractivity contribution in [3.8, 4) is 0 Å². The van der Waals surface area contributed by atoms with Crippen LogP contribution in [-0.2, 0) is 0 Å². The van der Waals surface area contributed by atoms with E-state index in [1.54, 1.807) is 18.5 Å². The smallest absolute Gasteiger partial charge is 0.0696 e. The molecule has 0 saturated heterocycles. The Morgan fingerprint density at radius 2 is 1.20 bits per heavy atom. The highest BCUT2D eigenvalue weighted by Gasteiger charge is 2.04. The van der Waals surface area contributed by atoms with E-state index in [0.717, 1.165) is 47.2 Å². The van der Waals surface area contributed by atoms with Gasteiger partial charge in [0.25, 0.3) is 0 Å². The molecular weight excluding hydrogens is 653 g/mol. The highest BCUT2D eigenvalue weighted by molar-refractivity contribution is 5.70. The van der Waals surface area contributed by atoms with Gasteiger partial charge in [0.2, 0.25) is 0 Å². The molecule has 2 aromatic heterocycles. The summed E-state index contributed by atoms with van der Waals surface area (Å²) in [4.78, 5) is 8.45. The van der Waals surface area contributed by atoms with Crippen molar-refractivity contribution < 1.29 is 0 Å². The standard InChI is InChI=1S/C14H24.C13H15N.C12H13N.C6H14.C5H10.C2H6/c1-5-7-9-11-13(3)14(4)12-10-8-6-2;1-4-7-11(2)10-12(3)13-8-5-6-9-14-13;1-3-4-5-8-11(2)12-9-6-7-10-13-12;1-5(2)6(3)4;1-4-5(2)3;1-2/h5-8,14H,3,9-12H2,1-2,4H3;4-10H,3H2,1-2H3;3-10H,1H2,2H3;5-6H,1-4H3;4-5H,1H2,2-3H3;1-2H3/b7-5-,8-6-;7-4-,11-10-;5-4-,11-8+;;;. The van der Waals surface area contributed by atoms with Gasteiger partial charge < -0.3 is 0 Å². The van der Waals surface area contributed by atoms with Gasteiger partial charge in [0.05, 0.1) is 11.4 Å². The lowest BCUT2D eigenvalue weighted by Gasteiger charge is -2.12.